The van der Waals surface area contributed by atoms with Crippen LogP contribution in [0.3, 0.4) is 0 Å². The lowest BCUT2D eigenvalue weighted by Gasteiger charge is -2.27. The summed E-state index contributed by atoms with van der Waals surface area (Å²) in [5.41, 5.74) is 0.483. The van der Waals surface area contributed by atoms with Gasteiger partial charge in [-0.05, 0) is 49.9 Å². The molecule has 1 fully saturated rings. The molecule has 3 nitrogen and oxygen atoms in total. The maximum atomic E-state index is 13.0. The molecule has 0 spiro atoms. The van der Waals surface area contributed by atoms with Crippen LogP contribution in [0.25, 0.3) is 0 Å². The highest BCUT2D eigenvalue weighted by molar-refractivity contribution is 5.78. The van der Waals surface area contributed by atoms with Gasteiger partial charge in [0.1, 0.15) is 0 Å². The molecule has 1 aliphatic rings. The molecule has 0 aromatic heterocycles. The van der Waals surface area contributed by atoms with Gasteiger partial charge in [-0.15, -0.1) is 0 Å². The van der Waals surface area contributed by atoms with Gasteiger partial charge in [0.15, 0.2) is 11.6 Å². The van der Waals surface area contributed by atoms with E-state index < -0.39 is 11.6 Å². The molecular weight excluding hydrogens is 262 g/mol. The molecule has 1 amide bonds. The Morgan fingerprint density at radius 3 is 2.80 bits per heavy atom. The third-order valence-corrected chi connectivity index (χ3v) is 3.70. The van der Waals surface area contributed by atoms with E-state index in [-0.39, 0.29) is 12.3 Å². The molecule has 20 heavy (non-hydrogen) atoms. The quantitative estimate of drug-likeness (QED) is 0.887. The third kappa shape index (κ3) is 4.27. The lowest BCUT2D eigenvalue weighted by molar-refractivity contribution is -0.120. The van der Waals surface area contributed by atoms with Crippen LogP contribution < -0.4 is 10.6 Å². The van der Waals surface area contributed by atoms with Gasteiger partial charge in [0.25, 0.3) is 0 Å². The lowest BCUT2D eigenvalue weighted by atomic mass is 9.95. The molecule has 5 heteroatoms. The van der Waals surface area contributed by atoms with Crippen molar-refractivity contribution >= 4 is 5.91 Å². The number of halogens is 2. The van der Waals surface area contributed by atoms with E-state index in [1.807, 2.05) is 0 Å². The molecule has 0 bridgehead atoms. The highest BCUT2D eigenvalue weighted by atomic mass is 19.2. The van der Waals surface area contributed by atoms with Gasteiger partial charge in [-0.25, -0.2) is 8.78 Å². The van der Waals surface area contributed by atoms with Crippen LogP contribution in [-0.2, 0) is 11.2 Å². The largest absolute Gasteiger partial charge is 0.355 e. The molecule has 2 N–H and O–H groups in total. The van der Waals surface area contributed by atoms with Crippen LogP contribution in [0.5, 0.6) is 0 Å². The summed E-state index contributed by atoms with van der Waals surface area (Å²) in [5.74, 6) is -1.52. The zero-order chi connectivity index (χ0) is 14.5. The highest BCUT2D eigenvalue weighted by Gasteiger charge is 2.18. The maximum absolute atomic E-state index is 13.0. The van der Waals surface area contributed by atoms with Crippen LogP contribution in [0.4, 0.5) is 8.78 Å². The van der Waals surface area contributed by atoms with Crippen molar-refractivity contribution in [3.05, 3.63) is 35.4 Å². The van der Waals surface area contributed by atoms with Gasteiger partial charge < -0.3 is 10.6 Å². The number of hydrogen-bond donors (Lipinski definition) is 2. The third-order valence-electron chi connectivity index (χ3n) is 3.70. The molecule has 1 aromatic carbocycles. The van der Waals surface area contributed by atoms with Crippen molar-refractivity contribution in [2.45, 2.75) is 32.2 Å². The number of nitrogens with one attached hydrogen (secondary N) is 2. The molecule has 1 heterocycles. The van der Waals surface area contributed by atoms with Crippen LogP contribution >= 0.6 is 0 Å². The van der Waals surface area contributed by atoms with E-state index in [0.717, 1.165) is 31.5 Å². The summed E-state index contributed by atoms with van der Waals surface area (Å²) in [4.78, 5) is 11.8. The standard InChI is InChI=1S/C15H20F2N2O/c1-10-2-3-12(8-18-10)9-19-15(20)7-11-4-5-13(16)14(17)6-11/h4-6,10,12,18H,2-3,7-9H2,1H3,(H,19,20). The predicted molar refractivity (Wildman–Crippen MR) is 73.3 cm³/mol. The van der Waals surface area contributed by atoms with Gasteiger partial charge in [0.05, 0.1) is 6.42 Å². The van der Waals surface area contributed by atoms with Crippen LogP contribution in [-0.4, -0.2) is 25.0 Å². The highest BCUT2D eigenvalue weighted by Crippen LogP contribution is 2.13. The monoisotopic (exact) mass is 282 g/mol. The fraction of sp³-hybridized carbons (Fsp3) is 0.533. The topological polar surface area (TPSA) is 41.1 Å². The van der Waals surface area contributed by atoms with Gasteiger partial charge in [-0.3, -0.25) is 4.79 Å². The summed E-state index contributed by atoms with van der Waals surface area (Å²) in [5, 5.41) is 6.23. The number of rotatable bonds is 4. The minimum atomic E-state index is -0.916. The van der Waals surface area contributed by atoms with Crippen LogP contribution in [0, 0.1) is 17.6 Å². The molecule has 2 rings (SSSR count). The average molecular weight is 282 g/mol. The minimum absolute atomic E-state index is 0.0771. The number of carbonyl (C=O) groups is 1. The van der Waals surface area contributed by atoms with Crippen molar-refractivity contribution in [1.82, 2.24) is 10.6 Å². The summed E-state index contributed by atoms with van der Waals surface area (Å²) in [6.07, 6.45) is 2.29. The van der Waals surface area contributed by atoms with Crippen LogP contribution in [0.1, 0.15) is 25.3 Å². The predicted octanol–water partition coefficient (Wildman–Crippen LogP) is 2.01. The first kappa shape index (κ1) is 14.9. The molecular formula is C15H20F2N2O. The van der Waals surface area contributed by atoms with Crippen molar-refractivity contribution in [2.75, 3.05) is 13.1 Å². The second-order valence-corrected chi connectivity index (χ2v) is 5.48. The van der Waals surface area contributed by atoms with Crippen molar-refractivity contribution < 1.29 is 13.6 Å². The SMILES string of the molecule is CC1CCC(CNC(=O)Cc2ccc(F)c(F)c2)CN1. The second-order valence-electron chi connectivity index (χ2n) is 5.48. The smallest absolute Gasteiger partial charge is 0.224 e. The fourth-order valence-electron chi connectivity index (χ4n) is 2.39. The molecule has 110 valence electrons. The molecule has 1 saturated heterocycles. The first-order valence-electron chi connectivity index (χ1n) is 6.98. The summed E-state index contributed by atoms with van der Waals surface area (Å²) in [7, 11) is 0. The van der Waals surface area contributed by atoms with E-state index in [1.54, 1.807) is 0 Å². The van der Waals surface area contributed by atoms with E-state index >= 15 is 0 Å². The summed E-state index contributed by atoms with van der Waals surface area (Å²) < 4.78 is 25.8. The Balaban J connectivity index is 1.76. The van der Waals surface area contributed by atoms with Gasteiger partial charge in [-0.2, -0.15) is 0 Å². The molecule has 1 aliphatic heterocycles. The number of benzene rings is 1. The van der Waals surface area contributed by atoms with Gasteiger partial charge in [0, 0.05) is 12.6 Å². The Hall–Kier alpha value is -1.49. The Kier molecular flexibility index (Phi) is 5.06. The van der Waals surface area contributed by atoms with E-state index in [0.29, 0.717) is 24.1 Å². The van der Waals surface area contributed by atoms with Gasteiger partial charge in [-0.1, -0.05) is 6.07 Å². The summed E-state index contributed by atoms with van der Waals surface area (Å²) >= 11 is 0. The molecule has 0 saturated carbocycles. The van der Waals surface area contributed by atoms with Crippen molar-refractivity contribution in [3.63, 3.8) is 0 Å². The van der Waals surface area contributed by atoms with Crippen LogP contribution in [0.2, 0.25) is 0 Å². The molecule has 0 aliphatic carbocycles. The zero-order valence-electron chi connectivity index (χ0n) is 11.6. The van der Waals surface area contributed by atoms with Crippen molar-refractivity contribution in [1.29, 1.82) is 0 Å². The van der Waals surface area contributed by atoms with Crippen molar-refractivity contribution in [3.8, 4) is 0 Å². The van der Waals surface area contributed by atoms with E-state index in [4.69, 9.17) is 0 Å². The Morgan fingerprint density at radius 2 is 2.15 bits per heavy atom. The van der Waals surface area contributed by atoms with Gasteiger partial charge >= 0.3 is 0 Å². The van der Waals surface area contributed by atoms with Crippen molar-refractivity contribution in [2.24, 2.45) is 5.92 Å². The Morgan fingerprint density at radius 1 is 1.35 bits per heavy atom. The maximum Gasteiger partial charge on any atom is 0.224 e. The number of carbonyl (C=O) groups excluding carboxylic acids is 1. The molecule has 1 aromatic rings. The van der Waals surface area contributed by atoms with E-state index in [2.05, 4.69) is 17.6 Å². The average Bonchev–Trinajstić information content (AvgIpc) is 2.42. The van der Waals surface area contributed by atoms with E-state index in [1.165, 1.54) is 6.07 Å². The minimum Gasteiger partial charge on any atom is -0.355 e. The second kappa shape index (κ2) is 6.79. The number of hydrogen-bond acceptors (Lipinski definition) is 2. The zero-order valence-corrected chi connectivity index (χ0v) is 11.6. The van der Waals surface area contributed by atoms with E-state index in [9.17, 15) is 13.6 Å². The molecule has 0 radical (unpaired) electrons. The first-order valence-corrected chi connectivity index (χ1v) is 6.98. The summed E-state index contributed by atoms with van der Waals surface area (Å²) in [6, 6.07) is 4.09. The Bertz CT molecular complexity index is 471. The number of amides is 1. The normalized spacial score (nSPS) is 22.6. The van der Waals surface area contributed by atoms with Crippen LogP contribution in [0.15, 0.2) is 18.2 Å². The first-order chi connectivity index (χ1) is 9.54. The molecule has 2 atom stereocenters. The van der Waals surface area contributed by atoms with Gasteiger partial charge in [0.2, 0.25) is 5.91 Å². The summed E-state index contributed by atoms with van der Waals surface area (Å²) in [6.45, 7) is 3.69. The lowest BCUT2D eigenvalue weighted by Crippen LogP contribution is -2.42. The number of piperidine rings is 1. The fourth-order valence-corrected chi connectivity index (χ4v) is 2.39. The Labute approximate surface area is 117 Å². The molecule has 2 unspecified atom stereocenters.